The van der Waals surface area contributed by atoms with Crippen molar-refractivity contribution in [3.63, 3.8) is 0 Å². The zero-order valence-corrected chi connectivity index (χ0v) is 9.66. The Hall–Kier alpha value is -1.42. The van der Waals surface area contributed by atoms with Crippen LogP contribution in [-0.2, 0) is 0 Å². The number of nitrogen functional groups attached to an aromatic ring is 1. The number of pyridine rings is 1. The second-order valence-electron chi connectivity index (χ2n) is 4.46. The van der Waals surface area contributed by atoms with Crippen molar-refractivity contribution in [2.75, 3.05) is 18.8 Å². The van der Waals surface area contributed by atoms with Gasteiger partial charge in [-0.05, 0) is 37.6 Å². The van der Waals surface area contributed by atoms with E-state index in [0.29, 0.717) is 17.3 Å². The van der Waals surface area contributed by atoms with Crippen LogP contribution in [0.1, 0.15) is 22.8 Å². The lowest BCUT2D eigenvalue weighted by molar-refractivity contribution is 0.0854. The van der Waals surface area contributed by atoms with Crippen LogP contribution in [-0.4, -0.2) is 23.9 Å². The maximum Gasteiger partial charge on any atom is 0.170 e. The summed E-state index contributed by atoms with van der Waals surface area (Å²) in [5, 5.41) is 3.18. The molecule has 3 N–H and O–H groups in total. The van der Waals surface area contributed by atoms with Crippen LogP contribution in [0, 0.1) is 18.8 Å². The number of carbonyl (C=O) groups excluding carboxylic acids is 1. The molecule has 1 aromatic heterocycles. The van der Waals surface area contributed by atoms with E-state index in [1.54, 1.807) is 6.20 Å². The second-order valence-corrected chi connectivity index (χ2v) is 4.46. The number of nitrogens with two attached hydrogens (primary N) is 1. The second kappa shape index (κ2) is 4.22. The Bertz CT molecular complexity index is 392. The van der Waals surface area contributed by atoms with E-state index in [-0.39, 0.29) is 11.7 Å². The minimum atomic E-state index is 0.0199. The van der Waals surface area contributed by atoms with E-state index in [1.807, 2.05) is 19.9 Å². The number of rotatable bonds is 3. The van der Waals surface area contributed by atoms with Crippen molar-refractivity contribution < 1.29 is 4.79 Å². The van der Waals surface area contributed by atoms with Crippen molar-refractivity contribution in [1.29, 1.82) is 0 Å². The van der Waals surface area contributed by atoms with Crippen molar-refractivity contribution >= 4 is 11.6 Å². The third-order valence-corrected chi connectivity index (χ3v) is 3.37. The minimum Gasteiger partial charge on any atom is -0.383 e. The average molecular weight is 219 g/mol. The van der Waals surface area contributed by atoms with Gasteiger partial charge < -0.3 is 11.1 Å². The summed E-state index contributed by atoms with van der Waals surface area (Å²) >= 11 is 0. The van der Waals surface area contributed by atoms with Gasteiger partial charge in [-0.2, -0.15) is 0 Å². The third-order valence-electron chi connectivity index (χ3n) is 3.37. The van der Waals surface area contributed by atoms with Crippen molar-refractivity contribution in [2.45, 2.75) is 13.8 Å². The lowest BCUT2D eigenvalue weighted by Gasteiger charge is -2.32. The molecule has 1 saturated heterocycles. The molecular weight excluding hydrogens is 202 g/mol. The quantitative estimate of drug-likeness (QED) is 0.744. The molecule has 0 radical (unpaired) electrons. The van der Waals surface area contributed by atoms with E-state index in [4.69, 9.17) is 5.73 Å². The van der Waals surface area contributed by atoms with Gasteiger partial charge in [-0.25, -0.2) is 4.98 Å². The Balaban J connectivity index is 2.26. The molecule has 4 heteroatoms. The fourth-order valence-electron chi connectivity index (χ4n) is 2.01. The molecule has 0 spiro atoms. The average Bonchev–Trinajstić information content (AvgIpc) is 2.14. The highest BCUT2D eigenvalue weighted by molar-refractivity contribution is 6.02. The zero-order valence-electron chi connectivity index (χ0n) is 9.66. The highest BCUT2D eigenvalue weighted by Crippen LogP contribution is 2.24. The zero-order chi connectivity index (χ0) is 11.7. The monoisotopic (exact) mass is 219 g/mol. The molecule has 2 heterocycles. The molecular formula is C12H17N3O. The summed E-state index contributed by atoms with van der Waals surface area (Å²) < 4.78 is 0. The summed E-state index contributed by atoms with van der Waals surface area (Å²) in [5.74, 6) is 0.927. The predicted octanol–water partition coefficient (Wildman–Crippen LogP) is 1.01. The number of hydrogen-bond acceptors (Lipinski definition) is 4. The van der Waals surface area contributed by atoms with Gasteiger partial charge >= 0.3 is 0 Å². The Morgan fingerprint density at radius 2 is 2.31 bits per heavy atom. The number of Topliss-reactive ketones (excluding diaryl/α,β-unsaturated/α-hetero) is 1. The molecule has 0 bridgehead atoms. The fraction of sp³-hybridized carbons (Fsp3) is 0.500. The summed E-state index contributed by atoms with van der Waals surface area (Å²) in [7, 11) is 0. The van der Waals surface area contributed by atoms with Crippen molar-refractivity contribution in [2.24, 2.45) is 11.8 Å². The summed E-state index contributed by atoms with van der Waals surface area (Å²) in [5.41, 5.74) is 7.28. The van der Waals surface area contributed by atoms with Gasteiger partial charge in [-0.15, -0.1) is 0 Å². The lowest BCUT2D eigenvalue weighted by Crippen LogP contribution is -2.47. The standard InChI is InChI=1S/C12H17N3O/c1-7-3-4-15-12(13)10(7)11(16)8(2)9-5-14-6-9/h3-4,8-9,14H,5-6H2,1-2H3,(H2,13,15). The smallest absolute Gasteiger partial charge is 0.170 e. The molecule has 86 valence electrons. The minimum absolute atomic E-state index is 0.0199. The molecule has 0 aromatic carbocycles. The van der Waals surface area contributed by atoms with E-state index in [9.17, 15) is 4.79 Å². The van der Waals surface area contributed by atoms with Gasteiger partial charge in [-0.1, -0.05) is 6.92 Å². The molecule has 2 rings (SSSR count). The van der Waals surface area contributed by atoms with Gasteiger partial charge in [0.1, 0.15) is 5.82 Å². The molecule has 1 unspecified atom stereocenters. The molecule has 1 aliphatic heterocycles. The number of anilines is 1. The maximum absolute atomic E-state index is 12.3. The van der Waals surface area contributed by atoms with Gasteiger partial charge in [0.25, 0.3) is 0 Å². The van der Waals surface area contributed by atoms with E-state index in [2.05, 4.69) is 10.3 Å². The van der Waals surface area contributed by atoms with Gasteiger partial charge in [-0.3, -0.25) is 4.79 Å². The van der Waals surface area contributed by atoms with Crippen LogP contribution in [0.25, 0.3) is 0 Å². The van der Waals surface area contributed by atoms with Crippen LogP contribution in [0.4, 0.5) is 5.82 Å². The molecule has 1 atom stereocenters. The number of nitrogens with zero attached hydrogens (tertiary/aromatic N) is 1. The molecule has 0 saturated carbocycles. The summed E-state index contributed by atoms with van der Waals surface area (Å²) in [6, 6.07) is 1.83. The first-order valence-electron chi connectivity index (χ1n) is 5.57. The number of aryl methyl sites for hydroxylation is 1. The number of ketones is 1. The Labute approximate surface area is 95.3 Å². The molecule has 4 nitrogen and oxygen atoms in total. The maximum atomic E-state index is 12.3. The van der Waals surface area contributed by atoms with Gasteiger partial charge in [0.05, 0.1) is 5.56 Å². The summed E-state index contributed by atoms with van der Waals surface area (Å²) in [4.78, 5) is 16.3. The molecule has 1 fully saturated rings. The Kier molecular flexibility index (Phi) is 2.92. The largest absolute Gasteiger partial charge is 0.383 e. The van der Waals surface area contributed by atoms with Gasteiger partial charge in [0.15, 0.2) is 5.78 Å². The van der Waals surface area contributed by atoms with Crippen molar-refractivity contribution in [1.82, 2.24) is 10.3 Å². The van der Waals surface area contributed by atoms with Gasteiger partial charge in [0, 0.05) is 12.1 Å². The van der Waals surface area contributed by atoms with Crippen molar-refractivity contribution in [3.8, 4) is 0 Å². The van der Waals surface area contributed by atoms with E-state index >= 15 is 0 Å². The first kappa shape index (κ1) is 11.1. The number of hydrogen-bond donors (Lipinski definition) is 2. The molecule has 16 heavy (non-hydrogen) atoms. The number of aromatic nitrogens is 1. The first-order chi connectivity index (χ1) is 7.61. The lowest BCUT2D eigenvalue weighted by atomic mass is 9.83. The van der Waals surface area contributed by atoms with E-state index in [1.165, 1.54) is 0 Å². The van der Waals surface area contributed by atoms with Crippen LogP contribution in [0.15, 0.2) is 12.3 Å². The van der Waals surface area contributed by atoms with Crippen LogP contribution in [0.5, 0.6) is 0 Å². The Morgan fingerprint density at radius 3 is 2.81 bits per heavy atom. The van der Waals surface area contributed by atoms with Crippen LogP contribution >= 0.6 is 0 Å². The summed E-state index contributed by atoms with van der Waals surface area (Å²) in [6.07, 6.45) is 1.64. The molecule has 1 aromatic rings. The van der Waals surface area contributed by atoms with Crippen molar-refractivity contribution in [3.05, 3.63) is 23.4 Å². The van der Waals surface area contributed by atoms with E-state index < -0.39 is 0 Å². The molecule has 0 aliphatic carbocycles. The van der Waals surface area contributed by atoms with Crippen LogP contribution in [0.2, 0.25) is 0 Å². The van der Waals surface area contributed by atoms with E-state index in [0.717, 1.165) is 18.7 Å². The highest BCUT2D eigenvalue weighted by atomic mass is 16.1. The molecule has 1 aliphatic rings. The fourth-order valence-corrected chi connectivity index (χ4v) is 2.01. The van der Waals surface area contributed by atoms with Gasteiger partial charge in [0.2, 0.25) is 0 Å². The third kappa shape index (κ3) is 1.80. The predicted molar refractivity (Wildman–Crippen MR) is 63.2 cm³/mol. The number of carbonyl (C=O) groups is 1. The Morgan fingerprint density at radius 1 is 1.62 bits per heavy atom. The van der Waals surface area contributed by atoms with Crippen LogP contribution < -0.4 is 11.1 Å². The normalized spacial score (nSPS) is 17.9. The van der Waals surface area contributed by atoms with Crippen LogP contribution in [0.3, 0.4) is 0 Å². The SMILES string of the molecule is Cc1ccnc(N)c1C(=O)C(C)C1CNC1. The molecule has 0 amide bonds. The number of nitrogens with one attached hydrogen (secondary N) is 1. The topological polar surface area (TPSA) is 68.0 Å². The summed E-state index contributed by atoms with van der Waals surface area (Å²) in [6.45, 7) is 5.72. The highest BCUT2D eigenvalue weighted by Gasteiger charge is 2.30. The first-order valence-corrected chi connectivity index (χ1v) is 5.57.